The van der Waals surface area contributed by atoms with Gasteiger partial charge in [0.05, 0.1) is 4.47 Å². The predicted octanol–water partition coefficient (Wildman–Crippen LogP) is 2.08. The Hall–Kier alpha value is -0.940. The van der Waals surface area contributed by atoms with E-state index >= 15 is 0 Å². The molecule has 0 aliphatic rings. The summed E-state index contributed by atoms with van der Waals surface area (Å²) in [6.07, 6.45) is 6.61. The van der Waals surface area contributed by atoms with Crippen molar-refractivity contribution in [2.75, 3.05) is 0 Å². The Morgan fingerprint density at radius 3 is 2.92 bits per heavy atom. The number of imidazole rings is 1. The lowest BCUT2D eigenvalue weighted by Crippen LogP contribution is -1.98. The average Bonchev–Trinajstić information content (AvgIpc) is 2.62. The third-order valence-electron chi connectivity index (χ3n) is 1.42. The van der Waals surface area contributed by atoms with Gasteiger partial charge in [0.15, 0.2) is 0 Å². The summed E-state index contributed by atoms with van der Waals surface area (Å²) in [5.74, 6) is 0.505. The van der Waals surface area contributed by atoms with Crippen LogP contribution in [0, 0.1) is 0 Å². The highest BCUT2D eigenvalue weighted by molar-refractivity contribution is 9.10. The van der Waals surface area contributed by atoms with Crippen molar-refractivity contribution in [1.29, 1.82) is 0 Å². The summed E-state index contributed by atoms with van der Waals surface area (Å²) in [7, 11) is 0. The molecule has 0 aliphatic heterocycles. The van der Waals surface area contributed by atoms with Crippen molar-refractivity contribution in [3.05, 3.63) is 34.5 Å². The second-order valence-corrected chi connectivity index (χ2v) is 3.49. The molecule has 2 aromatic heterocycles. The molecule has 2 heterocycles. The maximum Gasteiger partial charge on any atom is 0.236 e. The zero-order valence-electron chi connectivity index (χ0n) is 6.35. The van der Waals surface area contributed by atoms with E-state index in [9.17, 15) is 0 Å². The minimum atomic E-state index is 0.388. The smallest absolute Gasteiger partial charge is 0.236 e. The van der Waals surface area contributed by atoms with Crippen LogP contribution in [0.2, 0.25) is 5.15 Å². The largest absolute Gasteiger partial charge is 0.274 e. The van der Waals surface area contributed by atoms with Gasteiger partial charge in [0.2, 0.25) is 5.95 Å². The second-order valence-electron chi connectivity index (χ2n) is 2.28. The summed E-state index contributed by atoms with van der Waals surface area (Å²) in [4.78, 5) is 12.0. The van der Waals surface area contributed by atoms with Gasteiger partial charge in [-0.05, 0) is 15.9 Å². The van der Waals surface area contributed by atoms with E-state index in [0.717, 1.165) is 0 Å². The molecular weight excluding hydrogens is 255 g/mol. The number of hydrogen-bond donors (Lipinski definition) is 0. The standard InChI is InChI=1S/C7H4BrClN4/c8-5-3-11-7(12-6(5)9)13-2-1-10-4-13/h1-4H. The average molecular weight is 259 g/mol. The topological polar surface area (TPSA) is 43.6 Å². The molecule has 6 heteroatoms. The van der Waals surface area contributed by atoms with Gasteiger partial charge < -0.3 is 0 Å². The molecule has 2 aromatic rings. The SMILES string of the molecule is Clc1nc(-n2ccnc2)ncc1Br. The maximum atomic E-state index is 5.80. The molecule has 0 aliphatic carbocycles. The van der Waals surface area contributed by atoms with Gasteiger partial charge >= 0.3 is 0 Å². The van der Waals surface area contributed by atoms with Crippen LogP contribution in [-0.4, -0.2) is 19.5 Å². The van der Waals surface area contributed by atoms with Crippen molar-refractivity contribution in [1.82, 2.24) is 19.5 Å². The minimum Gasteiger partial charge on any atom is -0.274 e. The Balaban J connectivity index is 2.49. The molecule has 2 rings (SSSR count). The lowest BCUT2D eigenvalue weighted by atomic mass is 10.6. The fourth-order valence-electron chi connectivity index (χ4n) is 0.840. The highest BCUT2D eigenvalue weighted by atomic mass is 79.9. The number of aromatic nitrogens is 4. The Morgan fingerprint density at radius 2 is 2.31 bits per heavy atom. The summed E-state index contributed by atoms with van der Waals surface area (Å²) in [5, 5.41) is 0.388. The van der Waals surface area contributed by atoms with Crippen LogP contribution in [0.15, 0.2) is 29.4 Å². The summed E-state index contributed by atoms with van der Waals surface area (Å²) in [5.41, 5.74) is 0. The van der Waals surface area contributed by atoms with Gasteiger partial charge in [0, 0.05) is 18.6 Å². The van der Waals surface area contributed by atoms with Crippen molar-refractivity contribution >= 4 is 27.5 Å². The van der Waals surface area contributed by atoms with Crippen molar-refractivity contribution in [2.45, 2.75) is 0 Å². The van der Waals surface area contributed by atoms with Crippen molar-refractivity contribution < 1.29 is 0 Å². The molecular formula is C7H4BrClN4. The van der Waals surface area contributed by atoms with E-state index in [0.29, 0.717) is 15.6 Å². The molecule has 0 radical (unpaired) electrons. The lowest BCUT2D eigenvalue weighted by Gasteiger charge is -2.00. The summed E-state index contributed by atoms with van der Waals surface area (Å²) < 4.78 is 2.36. The fraction of sp³-hybridized carbons (Fsp3) is 0. The first-order valence-corrected chi connectivity index (χ1v) is 4.61. The van der Waals surface area contributed by atoms with Crippen molar-refractivity contribution in [3.8, 4) is 5.95 Å². The van der Waals surface area contributed by atoms with Gasteiger partial charge in [0.25, 0.3) is 0 Å². The van der Waals surface area contributed by atoms with Crippen LogP contribution in [0.5, 0.6) is 0 Å². The van der Waals surface area contributed by atoms with Crippen LogP contribution in [0.4, 0.5) is 0 Å². The molecule has 13 heavy (non-hydrogen) atoms. The number of nitrogens with zero attached hydrogens (tertiary/aromatic N) is 4. The molecule has 0 spiro atoms. The molecule has 4 nitrogen and oxygen atoms in total. The Bertz CT molecular complexity index is 414. The molecule has 0 aromatic carbocycles. The monoisotopic (exact) mass is 258 g/mol. The van der Waals surface area contributed by atoms with E-state index in [1.54, 1.807) is 29.5 Å². The summed E-state index contributed by atoms with van der Waals surface area (Å²) in [6.45, 7) is 0. The highest BCUT2D eigenvalue weighted by Crippen LogP contribution is 2.18. The van der Waals surface area contributed by atoms with Gasteiger partial charge in [-0.25, -0.2) is 9.97 Å². The van der Waals surface area contributed by atoms with E-state index in [4.69, 9.17) is 11.6 Å². The van der Waals surface area contributed by atoms with E-state index in [1.165, 1.54) is 0 Å². The molecule has 0 saturated carbocycles. The molecule has 0 bridgehead atoms. The van der Waals surface area contributed by atoms with E-state index in [1.807, 2.05) is 0 Å². The van der Waals surface area contributed by atoms with Crippen LogP contribution in [-0.2, 0) is 0 Å². The van der Waals surface area contributed by atoms with Gasteiger partial charge in [-0.1, -0.05) is 11.6 Å². The van der Waals surface area contributed by atoms with Crippen molar-refractivity contribution in [3.63, 3.8) is 0 Å². The van der Waals surface area contributed by atoms with Crippen LogP contribution in [0.25, 0.3) is 5.95 Å². The van der Waals surface area contributed by atoms with E-state index < -0.39 is 0 Å². The van der Waals surface area contributed by atoms with Gasteiger partial charge in [-0.2, -0.15) is 4.98 Å². The van der Waals surface area contributed by atoms with Crippen LogP contribution in [0.3, 0.4) is 0 Å². The minimum absolute atomic E-state index is 0.388. The third-order valence-corrected chi connectivity index (χ3v) is 2.52. The van der Waals surface area contributed by atoms with Crippen LogP contribution < -0.4 is 0 Å². The number of hydrogen-bond acceptors (Lipinski definition) is 3. The summed E-state index contributed by atoms with van der Waals surface area (Å²) in [6, 6.07) is 0. The number of rotatable bonds is 1. The molecule has 0 saturated heterocycles. The highest BCUT2D eigenvalue weighted by Gasteiger charge is 2.02. The lowest BCUT2D eigenvalue weighted by molar-refractivity contribution is 0.922. The van der Waals surface area contributed by atoms with Gasteiger partial charge in [0.1, 0.15) is 11.5 Å². The van der Waals surface area contributed by atoms with Gasteiger partial charge in [-0.3, -0.25) is 4.57 Å². The first-order valence-electron chi connectivity index (χ1n) is 3.44. The maximum absolute atomic E-state index is 5.80. The normalized spacial score (nSPS) is 10.3. The van der Waals surface area contributed by atoms with Crippen molar-refractivity contribution in [2.24, 2.45) is 0 Å². The molecule has 0 fully saturated rings. The van der Waals surface area contributed by atoms with E-state index in [-0.39, 0.29) is 0 Å². The Labute approximate surface area is 87.7 Å². The molecule has 0 atom stereocenters. The number of halogens is 2. The summed E-state index contributed by atoms with van der Waals surface area (Å²) >= 11 is 9.01. The van der Waals surface area contributed by atoms with Crippen LogP contribution in [0.1, 0.15) is 0 Å². The first-order chi connectivity index (χ1) is 6.27. The van der Waals surface area contributed by atoms with Gasteiger partial charge in [-0.15, -0.1) is 0 Å². The quantitative estimate of drug-likeness (QED) is 0.737. The molecule has 0 amide bonds. The zero-order chi connectivity index (χ0) is 9.26. The predicted molar refractivity (Wildman–Crippen MR) is 51.9 cm³/mol. The first kappa shape index (κ1) is 8.65. The zero-order valence-corrected chi connectivity index (χ0v) is 8.70. The van der Waals surface area contributed by atoms with E-state index in [2.05, 4.69) is 30.9 Å². The third kappa shape index (κ3) is 1.71. The Kier molecular flexibility index (Phi) is 2.28. The van der Waals surface area contributed by atoms with Crippen LogP contribution >= 0.6 is 27.5 Å². The molecule has 0 N–H and O–H groups in total. The molecule has 66 valence electrons. The fourth-order valence-corrected chi connectivity index (χ4v) is 1.15. The molecule has 0 unspecified atom stereocenters. The Morgan fingerprint density at radius 1 is 1.46 bits per heavy atom. The second kappa shape index (κ2) is 3.43.